The van der Waals surface area contributed by atoms with Crippen LogP contribution in [0.2, 0.25) is 0 Å². The Kier molecular flexibility index (Phi) is 3.25. The van der Waals surface area contributed by atoms with Crippen molar-refractivity contribution >= 4 is 34.2 Å². The molecule has 0 unspecified atom stereocenters. The summed E-state index contributed by atoms with van der Waals surface area (Å²) in [5.41, 5.74) is 0.820. The topological polar surface area (TPSA) is 26.0 Å². The first-order valence-electron chi connectivity index (χ1n) is 4.17. The highest BCUT2D eigenvalue weighted by Gasteiger charge is 2.09. The van der Waals surface area contributed by atoms with Gasteiger partial charge < -0.3 is 4.42 Å². The van der Waals surface area contributed by atoms with E-state index in [9.17, 15) is 4.39 Å². The van der Waals surface area contributed by atoms with Crippen molar-refractivity contribution in [2.75, 3.05) is 0 Å². The standard InChI is InChI=1S/C10H6ClFINO/c11-4-10-14-5-9(15-10)7-2-1-6(12)3-8(7)13/h1-3,5H,4H2. The Labute approximate surface area is 105 Å². The van der Waals surface area contributed by atoms with Crippen molar-refractivity contribution in [2.24, 2.45) is 0 Å². The molecule has 5 heteroatoms. The van der Waals surface area contributed by atoms with Gasteiger partial charge in [-0.15, -0.1) is 11.6 Å². The summed E-state index contributed by atoms with van der Waals surface area (Å²) in [5, 5.41) is 0. The Morgan fingerprint density at radius 1 is 1.47 bits per heavy atom. The van der Waals surface area contributed by atoms with Crippen LogP contribution in [-0.2, 0) is 5.88 Å². The molecule has 1 heterocycles. The van der Waals surface area contributed by atoms with E-state index < -0.39 is 0 Å². The number of hydrogen-bond donors (Lipinski definition) is 0. The average Bonchev–Trinajstić information content (AvgIpc) is 2.66. The number of nitrogens with zero attached hydrogens (tertiary/aromatic N) is 1. The summed E-state index contributed by atoms with van der Waals surface area (Å²) in [6.45, 7) is 0. The van der Waals surface area contributed by atoms with Crippen molar-refractivity contribution in [3.05, 3.63) is 39.7 Å². The van der Waals surface area contributed by atoms with Crippen LogP contribution in [0.15, 0.2) is 28.8 Å². The van der Waals surface area contributed by atoms with E-state index in [4.69, 9.17) is 16.0 Å². The van der Waals surface area contributed by atoms with Crippen LogP contribution < -0.4 is 0 Å². The molecule has 0 aliphatic rings. The smallest absolute Gasteiger partial charge is 0.209 e. The molecule has 78 valence electrons. The highest BCUT2D eigenvalue weighted by molar-refractivity contribution is 14.1. The number of rotatable bonds is 2. The third-order valence-corrected chi connectivity index (χ3v) is 2.99. The maximum absolute atomic E-state index is 12.9. The summed E-state index contributed by atoms with van der Waals surface area (Å²) in [6.07, 6.45) is 1.59. The van der Waals surface area contributed by atoms with Crippen LogP contribution in [0, 0.1) is 9.39 Å². The number of hydrogen-bond acceptors (Lipinski definition) is 2. The molecule has 0 fully saturated rings. The molecule has 2 nitrogen and oxygen atoms in total. The van der Waals surface area contributed by atoms with Crippen molar-refractivity contribution in [3.63, 3.8) is 0 Å². The van der Waals surface area contributed by atoms with E-state index in [1.54, 1.807) is 12.3 Å². The van der Waals surface area contributed by atoms with Gasteiger partial charge in [0.15, 0.2) is 5.76 Å². The van der Waals surface area contributed by atoms with Gasteiger partial charge in [-0.05, 0) is 40.8 Å². The number of oxazole rings is 1. The predicted molar refractivity (Wildman–Crippen MR) is 64.2 cm³/mol. The lowest BCUT2D eigenvalue weighted by molar-refractivity contribution is 0.528. The lowest BCUT2D eigenvalue weighted by Crippen LogP contribution is -1.82. The second-order valence-electron chi connectivity index (χ2n) is 2.88. The fourth-order valence-corrected chi connectivity index (χ4v) is 2.05. The van der Waals surface area contributed by atoms with Crippen LogP contribution >= 0.6 is 34.2 Å². The van der Waals surface area contributed by atoms with Gasteiger partial charge in [-0.1, -0.05) is 0 Å². The van der Waals surface area contributed by atoms with Crippen LogP contribution in [0.4, 0.5) is 4.39 Å². The van der Waals surface area contributed by atoms with Crippen molar-refractivity contribution < 1.29 is 8.81 Å². The Balaban J connectivity index is 2.44. The lowest BCUT2D eigenvalue weighted by Gasteiger charge is -1.99. The van der Waals surface area contributed by atoms with E-state index in [0.29, 0.717) is 11.7 Å². The van der Waals surface area contributed by atoms with Crippen molar-refractivity contribution in [1.82, 2.24) is 4.98 Å². The fourth-order valence-electron chi connectivity index (χ4n) is 1.19. The number of aromatic nitrogens is 1. The van der Waals surface area contributed by atoms with Gasteiger partial charge >= 0.3 is 0 Å². The molecule has 2 aromatic rings. The minimum absolute atomic E-state index is 0.234. The van der Waals surface area contributed by atoms with Crippen molar-refractivity contribution in [1.29, 1.82) is 0 Å². The second kappa shape index (κ2) is 4.49. The molecule has 0 aliphatic carbocycles. The van der Waals surface area contributed by atoms with Gasteiger partial charge in [0.1, 0.15) is 5.82 Å². The maximum Gasteiger partial charge on any atom is 0.209 e. The molecule has 1 aromatic carbocycles. The summed E-state index contributed by atoms with van der Waals surface area (Å²) < 4.78 is 19.0. The van der Waals surface area contributed by atoms with Gasteiger partial charge in [0, 0.05) is 9.13 Å². The van der Waals surface area contributed by atoms with E-state index in [0.717, 1.165) is 9.13 Å². The lowest BCUT2D eigenvalue weighted by atomic mass is 10.2. The van der Waals surface area contributed by atoms with Gasteiger partial charge in [0.05, 0.1) is 12.1 Å². The molecular formula is C10H6ClFINO. The van der Waals surface area contributed by atoms with E-state index in [2.05, 4.69) is 27.6 Å². The van der Waals surface area contributed by atoms with Crippen LogP contribution in [0.3, 0.4) is 0 Å². The molecule has 15 heavy (non-hydrogen) atoms. The third kappa shape index (κ3) is 2.31. The van der Waals surface area contributed by atoms with Crippen LogP contribution in [-0.4, -0.2) is 4.98 Å². The molecule has 0 spiro atoms. The number of alkyl halides is 1. The summed E-state index contributed by atoms with van der Waals surface area (Å²) in [7, 11) is 0. The molecule has 0 radical (unpaired) electrons. The fraction of sp³-hybridized carbons (Fsp3) is 0.100. The van der Waals surface area contributed by atoms with Crippen molar-refractivity contribution in [3.8, 4) is 11.3 Å². The van der Waals surface area contributed by atoms with Gasteiger partial charge in [-0.25, -0.2) is 9.37 Å². The third-order valence-electron chi connectivity index (χ3n) is 1.86. The Bertz CT molecular complexity index is 486. The molecule has 0 atom stereocenters. The summed E-state index contributed by atoms with van der Waals surface area (Å²) in [5.74, 6) is 1.04. The minimum atomic E-state index is -0.264. The van der Waals surface area contributed by atoms with Gasteiger partial charge in [-0.2, -0.15) is 0 Å². The predicted octanol–water partition coefficient (Wildman–Crippen LogP) is 3.82. The highest BCUT2D eigenvalue weighted by Crippen LogP contribution is 2.26. The number of halogens is 3. The maximum atomic E-state index is 12.9. The van der Waals surface area contributed by atoms with Crippen LogP contribution in [0.25, 0.3) is 11.3 Å². The molecule has 0 saturated heterocycles. The van der Waals surface area contributed by atoms with Crippen LogP contribution in [0.1, 0.15) is 5.89 Å². The first-order valence-corrected chi connectivity index (χ1v) is 5.78. The molecule has 1 aromatic heterocycles. The molecular weight excluding hydrogens is 331 g/mol. The van der Waals surface area contributed by atoms with Gasteiger partial charge in [0.25, 0.3) is 0 Å². The quantitative estimate of drug-likeness (QED) is 0.615. The monoisotopic (exact) mass is 337 g/mol. The largest absolute Gasteiger partial charge is 0.439 e. The highest BCUT2D eigenvalue weighted by atomic mass is 127. The molecule has 0 aliphatic heterocycles. The SMILES string of the molecule is Fc1ccc(-c2cnc(CCl)o2)c(I)c1. The molecule has 2 rings (SSSR count). The zero-order chi connectivity index (χ0) is 10.8. The first-order chi connectivity index (χ1) is 7.20. The minimum Gasteiger partial charge on any atom is -0.439 e. The van der Waals surface area contributed by atoms with E-state index in [1.807, 2.05) is 0 Å². The number of benzene rings is 1. The van der Waals surface area contributed by atoms with Gasteiger partial charge in [0.2, 0.25) is 5.89 Å². The summed E-state index contributed by atoms with van der Waals surface area (Å²) >= 11 is 7.62. The first kappa shape index (κ1) is 10.9. The van der Waals surface area contributed by atoms with E-state index in [-0.39, 0.29) is 11.7 Å². The van der Waals surface area contributed by atoms with Crippen LogP contribution in [0.5, 0.6) is 0 Å². The second-order valence-corrected chi connectivity index (χ2v) is 4.31. The average molecular weight is 338 g/mol. The zero-order valence-corrected chi connectivity index (χ0v) is 10.4. The van der Waals surface area contributed by atoms with Gasteiger partial charge in [-0.3, -0.25) is 0 Å². The zero-order valence-electron chi connectivity index (χ0n) is 7.51. The molecule has 0 N–H and O–H groups in total. The Morgan fingerprint density at radius 2 is 2.27 bits per heavy atom. The van der Waals surface area contributed by atoms with E-state index in [1.165, 1.54) is 12.1 Å². The van der Waals surface area contributed by atoms with E-state index >= 15 is 0 Å². The Morgan fingerprint density at radius 3 is 2.87 bits per heavy atom. The van der Waals surface area contributed by atoms with Crippen molar-refractivity contribution in [2.45, 2.75) is 5.88 Å². The summed E-state index contributed by atoms with van der Waals surface area (Å²) in [4.78, 5) is 3.98. The molecule has 0 bridgehead atoms. The molecule has 0 amide bonds. The normalized spacial score (nSPS) is 10.6. The summed E-state index contributed by atoms with van der Waals surface area (Å²) in [6, 6.07) is 4.49. The Hall–Kier alpha value is -0.620. The molecule has 0 saturated carbocycles.